The van der Waals surface area contributed by atoms with Crippen LogP contribution in [0.2, 0.25) is 0 Å². The minimum atomic E-state index is -1.27. The van der Waals surface area contributed by atoms with Crippen LogP contribution in [0.5, 0.6) is 11.5 Å². The van der Waals surface area contributed by atoms with Crippen LogP contribution in [0, 0.1) is 5.41 Å². The largest absolute Gasteiger partial charge is 0.508 e. The molecule has 0 aliphatic rings. The molecule has 2 aromatic carbocycles. The molecule has 2 rings (SSSR count). The number of ether oxygens (including phenoxy) is 1. The molecule has 2 atom stereocenters. The van der Waals surface area contributed by atoms with Gasteiger partial charge in [0.05, 0.1) is 7.11 Å². The first-order chi connectivity index (χ1) is 12.6. The summed E-state index contributed by atoms with van der Waals surface area (Å²) in [5.41, 5.74) is 0.748. The number of methoxy groups -OCH3 is 1. The van der Waals surface area contributed by atoms with E-state index in [0.717, 1.165) is 5.56 Å². The van der Waals surface area contributed by atoms with Crippen LogP contribution < -0.4 is 10.1 Å². The molecular formula is C21H25NO5. The molecule has 0 spiro atoms. The summed E-state index contributed by atoms with van der Waals surface area (Å²) in [5, 5.41) is 21.2. The molecule has 0 saturated heterocycles. The van der Waals surface area contributed by atoms with Crippen LogP contribution in [0.3, 0.4) is 0 Å². The van der Waals surface area contributed by atoms with Crippen molar-refractivity contribution in [3.63, 3.8) is 0 Å². The third kappa shape index (κ3) is 5.00. The first-order valence-electron chi connectivity index (χ1n) is 8.60. The quantitative estimate of drug-likeness (QED) is 0.666. The normalized spacial score (nSPS) is 13.5. The molecule has 0 aliphatic heterocycles. The van der Waals surface area contributed by atoms with Crippen molar-refractivity contribution in [3.05, 3.63) is 59.7 Å². The third-order valence-corrected chi connectivity index (χ3v) is 4.45. The molecule has 0 fully saturated rings. The standard InChI is InChI=1S/C21H25NO5/c1-21(2,3)17(13-7-11-16(27-4)12-8-13)18(22-20(25)26)19(24)14-5-9-15(23)10-6-14/h5-12,17-18,22-23H,1-4H3,(H,25,26)/t17-,18?/m0/s1. The molecule has 0 radical (unpaired) electrons. The van der Waals surface area contributed by atoms with Gasteiger partial charge in [-0.2, -0.15) is 0 Å². The SMILES string of the molecule is COc1ccc([C@@H](C(NC(=O)O)C(=O)c2ccc(O)cc2)C(C)(C)C)cc1. The number of ketones is 1. The molecule has 6 heteroatoms. The average molecular weight is 371 g/mol. The molecule has 1 amide bonds. The fraction of sp³-hybridized carbons (Fsp3) is 0.333. The number of carbonyl (C=O) groups excluding carboxylic acids is 1. The number of hydrogen-bond acceptors (Lipinski definition) is 4. The van der Waals surface area contributed by atoms with E-state index in [-0.39, 0.29) is 11.5 Å². The van der Waals surface area contributed by atoms with Gasteiger partial charge in [-0.15, -0.1) is 0 Å². The van der Waals surface area contributed by atoms with Gasteiger partial charge >= 0.3 is 6.09 Å². The van der Waals surface area contributed by atoms with Gasteiger partial charge in [0.2, 0.25) is 0 Å². The van der Waals surface area contributed by atoms with Gasteiger partial charge in [-0.05, 0) is 47.4 Å². The Bertz CT molecular complexity index is 791. The number of rotatable bonds is 6. The Balaban J connectivity index is 2.51. The fourth-order valence-electron chi connectivity index (χ4n) is 3.24. The molecule has 0 bridgehead atoms. The maximum absolute atomic E-state index is 13.1. The van der Waals surface area contributed by atoms with Crippen LogP contribution >= 0.6 is 0 Å². The first kappa shape index (κ1) is 20.3. The van der Waals surface area contributed by atoms with Crippen LogP contribution in [-0.4, -0.2) is 35.2 Å². The van der Waals surface area contributed by atoms with E-state index >= 15 is 0 Å². The van der Waals surface area contributed by atoms with Crippen molar-refractivity contribution in [3.8, 4) is 11.5 Å². The maximum Gasteiger partial charge on any atom is 0.405 e. The molecule has 144 valence electrons. The Hall–Kier alpha value is -3.02. The van der Waals surface area contributed by atoms with Crippen LogP contribution in [0.4, 0.5) is 4.79 Å². The van der Waals surface area contributed by atoms with Crippen molar-refractivity contribution < 1.29 is 24.5 Å². The van der Waals surface area contributed by atoms with E-state index < -0.39 is 23.5 Å². The van der Waals surface area contributed by atoms with Gasteiger partial charge in [-0.25, -0.2) is 4.79 Å². The predicted molar refractivity (Wildman–Crippen MR) is 103 cm³/mol. The maximum atomic E-state index is 13.1. The highest BCUT2D eigenvalue weighted by Gasteiger charge is 2.39. The topological polar surface area (TPSA) is 95.9 Å². The Morgan fingerprint density at radius 2 is 1.56 bits per heavy atom. The number of carboxylic acid groups (broad SMARTS) is 1. The number of phenolic OH excluding ortho intramolecular Hbond substituents is 1. The van der Waals surface area contributed by atoms with Crippen molar-refractivity contribution in [2.75, 3.05) is 7.11 Å². The van der Waals surface area contributed by atoms with Gasteiger partial charge in [0.25, 0.3) is 0 Å². The minimum absolute atomic E-state index is 0.0387. The van der Waals surface area contributed by atoms with Crippen LogP contribution in [-0.2, 0) is 0 Å². The van der Waals surface area contributed by atoms with E-state index in [0.29, 0.717) is 11.3 Å². The van der Waals surface area contributed by atoms with E-state index in [1.807, 2.05) is 32.9 Å². The second kappa shape index (κ2) is 8.12. The summed E-state index contributed by atoms with van der Waals surface area (Å²) in [6.07, 6.45) is -1.27. The van der Waals surface area contributed by atoms with Gasteiger partial charge in [0, 0.05) is 11.5 Å². The smallest absolute Gasteiger partial charge is 0.405 e. The molecule has 0 heterocycles. The summed E-state index contributed by atoms with van der Waals surface area (Å²) in [7, 11) is 1.57. The van der Waals surface area contributed by atoms with Crippen LogP contribution in [0.1, 0.15) is 42.6 Å². The minimum Gasteiger partial charge on any atom is -0.508 e. The van der Waals surface area contributed by atoms with E-state index in [1.165, 1.54) is 24.3 Å². The van der Waals surface area contributed by atoms with Gasteiger partial charge < -0.3 is 20.3 Å². The first-order valence-corrected chi connectivity index (χ1v) is 8.60. The molecule has 0 aromatic heterocycles. The number of amides is 1. The van der Waals surface area contributed by atoms with Gasteiger partial charge in [-0.1, -0.05) is 32.9 Å². The number of Topliss-reactive ketones (excluding diaryl/α,β-unsaturated/α-hetero) is 1. The Kier molecular flexibility index (Phi) is 6.10. The Labute approximate surface area is 158 Å². The average Bonchev–Trinajstić information content (AvgIpc) is 2.60. The lowest BCUT2D eigenvalue weighted by atomic mass is 9.70. The lowest BCUT2D eigenvalue weighted by Gasteiger charge is -2.36. The van der Waals surface area contributed by atoms with E-state index in [4.69, 9.17) is 4.74 Å². The highest BCUT2D eigenvalue weighted by atomic mass is 16.5. The highest BCUT2D eigenvalue weighted by Crippen LogP contribution is 2.39. The van der Waals surface area contributed by atoms with E-state index in [2.05, 4.69) is 5.32 Å². The van der Waals surface area contributed by atoms with Gasteiger partial charge in [0.15, 0.2) is 5.78 Å². The Morgan fingerprint density at radius 1 is 1.00 bits per heavy atom. The van der Waals surface area contributed by atoms with E-state index in [1.54, 1.807) is 19.2 Å². The molecule has 3 N–H and O–H groups in total. The summed E-state index contributed by atoms with van der Waals surface area (Å²) in [4.78, 5) is 24.6. The van der Waals surface area contributed by atoms with Crippen LogP contribution in [0.15, 0.2) is 48.5 Å². The van der Waals surface area contributed by atoms with Gasteiger partial charge in [-0.3, -0.25) is 4.79 Å². The second-order valence-electron chi connectivity index (χ2n) is 7.46. The summed E-state index contributed by atoms with van der Waals surface area (Å²) in [5.74, 6) is -0.0511. The van der Waals surface area contributed by atoms with Crippen molar-refractivity contribution in [1.29, 1.82) is 0 Å². The van der Waals surface area contributed by atoms with Crippen molar-refractivity contribution in [2.24, 2.45) is 5.41 Å². The number of hydrogen-bond donors (Lipinski definition) is 3. The number of benzene rings is 2. The summed E-state index contributed by atoms with van der Waals surface area (Å²) in [6.45, 7) is 5.88. The van der Waals surface area contributed by atoms with Crippen LogP contribution in [0.25, 0.3) is 0 Å². The third-order valence-electron chi connectivity index (χ3n) is 4.45. The zero-order valence-electron chi connectivity index (χ0n) is 15.9. The fourth-order valence-corrected chi connectivity index (χ4v) is 3.24. The molecule has 27 heavy (non-hydrogen) atoms. The lowest BCUT2D eigenvalue weighted by Crippen LogP contribution is -2.48. The molecule has 0 aliphatic carbocycles. The number of carbonyl (C=O) groups is 2. The zero-order chi connectivity index (χ0) is 20.2. The predicted octanol–water partition coefficient (Wildman–Crippen LogP) is 4.05. The second-order valence-corrected chi connectivity index (χ2v) is 7.46. The molecule has 0 saturated carbocycles. The molecule has 6 nitrogen and oxygen atoms in total. The zero-order valence-corrected chi connectivity index (χ0v) is 15.9. The number of phenols is 1. The number of nitrogens with one attached hydrogen (secondary N) is 1. The Morgan fingerprint density at radius 3 is 2.00 bits per heavy atom. The van der Waals surface area contributed by atoms with Crippen molar-refractivity contribution in [2.45, 2.75) is 32.7 Å². The van der Waals surface area contributed by atoms with E-state index in [9.17, 15) is 19.8 Å². The van der Waals surface area contributed by atoms with Crippen molar-refractivity contribution >= 4 is 11.9 Å². The number of aromatic hydroxyl groups is 1. The van der Waals surface area contributed by atoms with Crippen molar-refractivity contribution in [1.82, 2.24) is 5.32 Å². The summed E-state index contributed by atoms with van der Waals surface area (Å²) in [6, 6.07) is 12.1. The lowest BCUT2D eigenvalue weighted by molar-refractivity contribution is 0.0881. The monoisotopic (exact) mass is 371 g/mol. The summed E-state index contributed by atoms with van der Waals surface area (Å²) < 4.78 is 5.19. The summed E-state index contributed by atoms with van der Waals surface area (Å²) >= 11 is 0. The van der Waals surface area contributed by atoms with Gasteiger partial charge in [0.1, 0.15) is 17.5 Å². The molecule has 1 unspecified atom stereocenters. The molecule has 2 aromatic rings. The highest BCUT2D eigenvalue weighted by molar-refractivity contribution is 6.02. The molecular weight excluding hydrogens is 346 g/mol.